The van der Waals surface area contributed by atoms with Crippen molar-refractivity contribution in [2.75, 3.05) is 31.5 Å². The maximum atomic E-state index is 12.8. The molecule has 0 radical (unpaired) electrons. The first-order valence-corrected chi connectivity index (χ1v) is 12.2. The van der Waals surface area contributed by atoms with Crippen LogP contribution in [-0.2, 0) is 24.8 Å². The average Bonchev–Trinajstić information content (AvgIpc) is 2.73. The van der Waals surface area contributed by atoms with Crippen LogP contribution in [0, 0.1) is 0 Å². The Morgan fingerprint density at radius 1 is 0.867 bits per heavy atom. The highest BCUT2D eigenvalue weighted by molar-refractivity contribution is 7.92. The van der Waals surface area contributed by atoms with Gasteiger partial charge >= 0.3 is 0 Å². The normalized spacial score (nSPS) is 16.6. The van der Waals surface area contributed by atoms with Crippen LogP contribution in [0.1, 0.15) is 12.5 Å². The number of benzene rings is 2. The molecular formula is C20H23N3O5S2. The van der Waals surface area contributed by atoms with Crippen LogP contribution in [0.4, 0.5) is 5.69 Å². The fraction of sp³-hybridized carbons (Fsp3) is 0.250. The molecule has 1 fully saturated rings. The molecule has 1 aliphatic heterocycles. The van der Waals surface area contributed by atoms with Gasteiger partial charge in [0.1, 0.15) is 0 Å². The number of rotatable bonds is 6. The van der Waals surface area contributed by atoms with Crippen molar-refractivity contribution < 1.29 is 21.6 Å². The highest BCUT2D eigenvalue weighted by Gasteiger charge is 2.32. The topological polar surface area (TPSA) is 104 Å². The van der Waals surface area contributed by atoms with Crippen LogP contribution in [0.5, 0.6) is 0 Å². The van der Waals surface area contributed by atoms with E-state index in [-0.39, 0.29) is 37.0 Å². The second-order valence-electron chi connectivity index (χ2n) is 6.77. The minimum Gasteiger partial charge on any atom is -0.326 e. The van der Waals surface area contributed by atoms with Crippen LogP contribution >= 0.6 is 0 Å². The predicted molar refractivity (Wildman–Crippen MR) is 115 cm³/mol. The molecule has 160 valence electrons. The molecule has 0 saturated carbocycles. The first kappa shape index (κ1) is 22.2. The molecule has 1 amide bonds. The van der Waals surface area contributed by atoms with E-state index in [1.54, 1.807) is 12.1 Å². The molecule has 0 spiro atoms. The number of amides is 1. The summed E-state index contributed by atoms with van der Waals surface area (Å²) in [5.41, 5.74) is 1.27. The number of piperazine rings is 1. The van der Waals surface area contributed by atoms with Crippen molar-refractivity contribution in [3.8, 4) is 0 Å². The fourth-order valence-electron chi connectivity index (χ4n) is 3.04. The first-order chi connectivity index (χ1) is 14.2. The summed E-state index contributed by atoms with van der Waals surface area (Å²) in [6, 6.07) is 15.0. The van der Waals surface area contributed by atoms with Crippen molar-refractivity contribution >= 4 is 37.7 Å². The van der Waals surface area contributed by atoms with Crippen LogP contribution in [0.15, 0.2) is 64.9 Å². The lowest BCUT2D eigenvalue weighted by Gasteiger charge is -2.32. The lowest BCUT2D eigenvalue weighted by molar-refractivity contribution is -0.114. The Morgan fingerprint density at radius 3 is 2.00 bits per heavy atom. The number of hydrogen-bond donors (Lipinski definition) is 1. The second-order valence-corrected chi connectivity index (χ2v) is 10.5. The highest BCUT2D eigenvalue weighted by atomic mass is 32.2. The van der Waals surface area contributed by atoms with Crippen LogP contribution in [0.2, 0.25) is 0 Å². The van der Waals surface area contributed by atoms with Crippen molar-refractivity contribution in [2.24, 2.45) is 0 Å². The molecular weight excluding hydrogens is 426 g/mol. The van der Waals surface area contributed by atoms with Gasteiger partial charge in [0.15, 0.2) is 0 Å². The van der Waals surface area contributed by atoms with Crippen molar-refractivity contribution in [1.29, 1.82) is 0 Å². The minimum absolute atomic E-state index is 0.0637. The average molecular weight is 450 g/mol. The molecule has 8 nitrogen and oxygen atoms in total. The van der Waals surface area contributed by atoms with Crippen molar-refractivity contribution in [2.45, 2.75) is 11.8 Å². The minimum atomic E-state index is -3.75. The Morgan fingerprint density at radius 2 is 1.43 bits per heavy atom. The van der Waals surface area contributed by atoms with Crippen molar-refractivity contribution in [1.82, 2.24) is 8.61 Å². The number of anilines is 1. The molecule has 0 bridgehead atoms. The Balaban J connectivity index is 1.65. The zero-order chi connectivity index (χ0) is 21.8. The molecule has 0 aromatic heterocycles. The molecule has 1 aliphatic rings. The van der Waals surface area contributed by atoms with E-state index < -0.39 is 20.0 Å². The Bertz CT molecular complexity index is 1120. The first-order valence-electron chi connectivity index (χ1n) is 9.29. The third-order valence-electron chi connectivity index (χ3n) is 4.60. The van der Waals surface area contributed by atoms with Gasteiger partial charge in [0.25, 0.3) is 0 Å². The number of nitrogens with one attached hydrogen (secondary N) is 1. The summed E-state index contributed by atoms with van der Waals surface area (Å²) in [4.78, 5) is 11.2. The van der Waals surface area contributed by atoms with Gasteiger partial charge < -0.3 is 5.32 Å². The molecule has 1 N–H and O–H groups in total. The van der Waals surface area contributed by atoms with Crippen molar-refractivity contribution in [3.05, 3.63) is 65.6 Å². The predicted octanol–water partition coefficient (Wildman–Crippen LogP) is 1.95. The van der Waals surface area contributed by atoms with E-state index >= 15 is 0 Å². The summed E-state index contributed by atoms with van der Waals surface area (Å²) < 4.78 is 53.3. The summed E-state index contributed by atoms with van der Waals surface area (Å²) in [6.45, 7) is 1.64. The van der Waals surface area contributed by atoms with E-state index in [0.717, 1.165) is 11.0 Å². The van der Waals surface area contributed by atoms with Crippen LogP contribution in [0.25, 0.3) is 6.08 Å². The molecule has 10 heteroatoms. The van der Waals surface area contributed by atoms with Gasteiger partial charge in [-0.2, -0.15) is 8.61 Å². The molecule has 0 aliphatic carbocycles. The van der Waals surface area contributed by atoms with E-state index in [2.05, 4.69) is 5.32 Å². The molecule has 3 rings (SSSR count). The number of hydrogen-bond acceptors (Lipinski definition) is 5. The standard InChI is InChI=1S/C20H23N3O5S2/c1-17(24)21-19-7-9-20(10-8-19)30(27,28)23-14-12-22(13-15-23)29(25,26)16-11-18-5-3-2-4-6-18/h2-11,16H,12-15H2,1H3,(H,21,24)/b16-11+. The zero-order valence-corrected chi connectivity index (χ0v) is 18.1. The largest absolute Gasteiger partial charge is 0.326 e. The van der Waals surface area contributed by atoms with Gasteiger partial charge in [0.2, 0.25) is 26.0 Å². The SMILES string of the molecule is CC(=O)Nc1ccc(S(=O)(=O)N2CCN(S(=O)(=O)/C=C/c3ccccc3)CC2)cc1. The lowest BCUT2D eigenvalue weighted by atomic mass is 10.2. The van der Waals surface area contributed by atoms with Crippen LogP contribution in [-0.4, -0.2) is 57.5 Å². The summed E-state index contributed by atoms with van der Waals surface area (Å²) in [7, 11) is -7.39. The quantitative estimate of drug-likeness (QED) is 0.726. The van der Waals surface area contributed by atoms with Gasteiger partial charge in [-0.15, -0.1) is 0 Å². The van der Waals surface area contributed by atoms with Gasteiger partial charge in [-0.3, -0.25) is 4.79 Å². The van der Waals surface area contributed by atoms with Crippen LogP contribution < -0.4 is 5.32 Å². The molecule has 2 aromatic carbocycles. The Hall–Kier alpha value is -2.53. The summed E-state index contributed by atoms with van der Waals surface area (Å²) in [5, 5.41) is 3.73. The van der Waals surface area contributed by atoms with E-state index in [9.17, 15) is 21.6 Å². The molecule has 0 atom stereocenters. The lowest BCUT2D eigenvalue weighted by Crippen LogP contribution is -2.49. The van der Waals surface area contributed by atoms with E-state index in [1.807, 2.05) is 18.2 Å². The van der Waals surface area contributed by atoms with Gasteiger partial charge in [-0.25, -0.2) is 16.8 Å². The van der Waals surface area contributed by atoms with Crippen molar-refractivity contribution in [3.63, 3.8) is 0 Å². The Labute approximate surface area is 176 Å². The summed E-state index contributed by atoms with van der Waals surface area (Å²) in [5.74, 6) is -0.246. The van der Waals surface area contributed by atoms with Gasteiger partial charge in [-0.05, 0) is 35.9 Å². The third kappa shape index (κ3) is 5.33. The summed E-state index contributed by atoms with van der Waals surface area (Å²) >= 11 is 0. The molecule has 1 saturated heterocycles. The molecule has 30 heavy (non-hydrogen) atoms. The van der Waals surface area contributed by atoms with Gasteiger partial charge in [0, 0.05) is 44.2 Å². The van der Waals surface area contributed by atoms with E-state index in [1.165, 1.54) is 45.9 Å². The highest BCUT2D eigenvalue weighted by Crippen LogP contribution is 2.21. The third-order valence-corrected chi connectivity index (χ3v) is 8.08. The number of nitrogens with zero attached hydrogens (tertiary/aromatic N) is 2. The molecule has 1 heterocycles. The maximum absolute atomic E-state index is 12.8. The molecule has 2 aromatic rings. The Kier molecular flexibility index (Phi) is 6.71. The van der Waals surface area contributed by atoms with Crippen LogP contribution in [0.3, 0.4) is 0 Å². The molecule has 0 unspecified atom stereocenters. The monoisotopic (exact) mass is 449 g/mol. The number of carbonyl (C=O) groups is 1. The van der Waals surface area contributed by atoms with Gasteiger partial charge in [0.05, 0.1) is 4.90 Å². The smallest absolute Gasteiger partial charge is 0.243 e. The zero-order valence-electron chi connectivity index (χ0n) is 16.4. The van der Waals surface area contributed by atoms with Gasteiger partial charge in [-0.1, -0.05) is 30.3 Å². The summed E-state index contributed by atoms with van der Waals surface area (Å²) in [6.07, 6.45) is 1.52. The number of sulfonamides is 2. The second kappa shape index (κ2) is 9.09. The maximum Gasteiger partial charge on any atom is 0.243 e. The van der Waals surface area contributed by atoms with E-state index in [0.29, 0.717) is 5.69 Å². The van der Waals surface area contributed by atoms with E-state index in [4.69, 9.17) is 0 Å². The number of carbonyl (C=O) groups excluding carboxylic acids is 1. The fourth-order valence-corrected chi connectivity index (χ4v) is 5.64.